The summed E-state index contributed by atoms with van der Waals surface area (Å²) >= 11 is 13.9. The van der Waals surface area contributed by atoms with E-state index in [4.69, 9.17) is 42.1 Å². The Kier molecular flexibility index (Phi) is 13.0. The molecule has 4 atom stereocenters. The third-order valence-corrected chi connectivity index (χ3v) is 14.8. The number of aryl methyl sites for hydroxylation is 3. The number of fused-ring (bicyclic) bond motifs is 2. The van der Waals surface area contributed by atoms with Gasteiger partial charge in [-0.05, 0) is 124 Å². The third kappa shape index (κ3) is 9.56. The number of hydrogen-bond donors (Lipinski definition) is 2. The van der Waals surface area contributed by atoms with Crippen molar-refractivity contribution in [1.82, 2.24) is 34.5 Å². The first-order chi connectivity index (χ1) is 32.9. The molecule has 0 spiro atoms. The van der Waals surface area contributed by atoms with Crippen molar-refractivity contribution in [2.24, 2.45) is 11.8 Å². The summed E-state index contributed by atoms with van der Waals surface area (Å²) in [7, 11) is 0. The average molecular weight is 975 g/mol. The molecule has 3 unspecified atom stereocenters. The molecule has 10 rings (SSSR count). The highest BCUT2D eigenvalue weighted by Gasteiger charge is 2.38. The van der Waals surface area contributed by atoms with E-state index in [2.05, 4.69) is 27.5 Å². The van der Waals surface area contributed by atoms with Crippen LogP contribution in [0.3, 0.4) is 0 Å². The Morgan fingerprint density at radius 3 is 2.12 bits per heavy atom. The van der Waals surface area contributed by atoms with E-state index in [9.17, 15) is 14.0 Å². The van der Waals surface area contributed by atoms with Crippen LogP contribution in [0, 0.1) is 31.5 Å². The molecule has 4 aromatic carbocycles. The van der Waals surface area contributed by atoms with E-state index < -0.39 is 0 Å². The second kappa shape index (κ2) is 19.4. The second-order valence-corrected chi connectivity index (χ2v) is 20.0. The first-order valence-electron chi connectivity index (χ1n) is 23.0. The van der Waals surface area contributed by atoms with Crippen LogP contribution >= 0.6 is 34.5 Å². The fraction of sp³-hybridized carbons (Fsp3) is 0.333. The molecule has 2 aliphatic heterocycles. The lowest BCUT2D eigenvalue weighted by atomic mass is 9.86. The molecule has 2 fully saturated rings. The molecule has 13 nitrogen and oxygen atoms in total. The van der Waals surface area contributed by atoms with Gasteiger partial charge in [0.25, 0.3) is 23.8 Å². The van der Waals surface area contributed by atoms with Crippen LogP contribution in [0.5, 0.6) is 0 Å². The number of hydrogen-bond acceptors (Lipinski definition) is 11. The maximum Gasteiger partial charge on any atom is 0.295 e. The van der Waals surface area contributed by atoms with Crippen molar-refractivity contribution in [2.75, 3.05) is 36.8 Å². The van der Waals surface area contributed by atoms with Gasteiger partial charge in [-0.3, -0.25) is 14.3 Å². The molecule has 350 valence electrons. The zero-order valence-electron chi connectivity index (χ0n) is 37.8. The second-order valence-electron chi connectivity index (χ2n) is 17.9. The lowest BCUT2D eigenvalue weighted by molar-refractivity contribution is 0.0494. The Hall–Kier alpha value is -6.29. The number of carbonyl (C=O) groups is 2. The van der Waals surface area contributed by atoms with Gasteiger partial charge in [0.2, 0.25) is 0 Å². The van der Waals surface area contributed by atoms with Crippen LogP contribution in [0.15, 0.2) is 100 Å². The van der Waals surface area contributed by atoms with Gasteiger partial charge in [-0.1, -0.05) is 60.0 Å². The molecule has 0 saturated carbocycles. The maximum atomic E-state index is 14.7. The monoisotopic (exact) mass is 973 g/mol. The number of rotatable bonds is 13. The Labute approximate surface area is 406 Å². The van der Waals surface area contributed by atoms with Crippen LogP contribution in [0.2, 0.25) is 10.0 Å². The van der Waals surface area contributed by atoms with E-state index in [1.807, 2.05) is 58.9 Å². The molecule has 68 heavy (non-hydrogen) atoms. The molecule has 2 N–H and O–H groups in total. The van der Waals surface area contributed by atoms with Crippen molar-refractivity contribution in [3.05, 3.63) is 129 Å². The van der Waals surface area contributed by atoms with Crippen molar-refractivity contribution in [3.8, 4) is 21.6 Å². The molecule has 2 saturated heterocycles. The van der Waals surface area contributed by atoms with Gasteiger partial charge in [0.05, 0.1) is 28.2 Å². The topological polar surface area (TPSA) is 147 Å². The fourth-order valence-corrected chi connectivity index (χ4v) is 11.1. The third-order valence-electron chi connectivity index (χ3n) is 13.3. The SMILES string of the molecule is Cc1ccc(-c2cnn(CCC3CCCN(C(=O)c4nc(C)sc4-c4ccc(F)cc4)C3CNc3nc4cc(Cl)ccc4o3)c2)c(C(=O)N2CCC[C@@H](C)C2CNc2nc3cc(Cl)ccc3o2)c1. The van der Waals surface area contributed by atoms with Crippen LogP contribution in [-0.4, -0.2) is 84.6 Å². The largest absolute Gasteiger partial charge is 0.424 e. The van der Waals surface area contributed by atoms with Crippen LogP contribution < -0.4 is 10.6 Å². The molecular weight excluding hydrogens is 925 g/mol. The van der Waals surface area contributed by atoms with Gasteiger partial charge >= 0.3 is 0 Å². The summed E-state index contributed by atoms with van der Waals surface area (Å²) in [6.45, 7) is 8.69. The number of halogens is 3. The van der Waals surface area contributed by atoms with Crippen molar-refractivity contribution in [1.29, 1.82) is 0 Å². The van der Waals surface area contributed by atoms with E-state index in [1.54, 1.807) is 48.5 Å². The van der Waals surface area contributed by atoms with E-state index in [0.29, 0.717) is 99.6 Å². The highest BCUT2D eigenvalue weighted by atomic mass is 35.5. The average Bonchev–Trinajstić information content (AvgIpc) is 4.15. The number of nitrogens with zero attached hydrogens (tertiary/aromatic N) is 7. The van der Waals surface area contributed by atoms with E-state index in [0.717, 1.165) is 52.9 Å². The number of likely N-dealkylation sites (tertiary alicyclic amines) is 2. The summed E-state index contributed by atoms with van der Waals surface area (Å²) in [5.41, 5.74) is 6.93. The van der Waals surface area contributed by atoms with Gasteiger partial charge in [-0.2, -0.15) is 15.1 Å². The van der Waals surface area contributed by atoms with Crippen molar-refractivity contribution < 1.29 is 22.8 Å². The molecule has 2 aliphatic rings. The van der Waals surface area contributed by atoms with Crippen molar-refractivity contribution in [2.45, 2.75) is 71.5 Å². The van der Waals surface area contributed by atoms with Gasteiger partial charge in [0.1, 0.15) is 22.5 Å². The number of thiazole rings is 1. The quantitative estimate of drug-likeness (QED) is 0.114. The summed E-state index contributed by atoms with van der Waals surface area (Å²) < 4.78 is 27.9. The first-order valence-corrected chi connectivity index (χ1v) is 24.6. The zero-order chi connectivity index (χ0) is 47.1. The summed E-state index contributed by atoms with van der Waals surface area (Å²) in [4.78, 5) is 48.0. The Bertz CT molecular complexity index is 3130. The highest BCUT2D eigenvalue weighted by molar-refractivity contribution is 7.15. The minimum atomic E-state index is -0.346. The van der Waals surface area contributed by atoms with E-state index in [-0.39, 0.29) is 41.6 Å². The molecule has 2 amide bonds. The van der Waals surface area contributed by atoms with Gasteiger partial charge in [0.15, 0.2) is 11.2 Å². The summed E-state index contributed by atoms with van der Waals surface area (Å²) in [5, 5.41) is 13.5. The maximum absolute atomic E-state index is 14.7. The van der Waals surface area contributed by atoms with Crippen molar-refractivity contribution in [3.63, 3.8) is 0 Å². The van der Waals surface area contributed by atoms with Gasteiger partial charge in [0, 0.05) is 60.1 Å². The lowest BCUT2D eigenvalue weighted by Crippen LogP contribution is -2.52. The van der Waals surface area contributed by atoms with Gasteiger partial charge in [-0.15, -0.1) is 11.3 Å². The molecule has 0 radical (unpaired) electrons. The summed E-state index contributed by atoms with van der Waals surface area (Å²) in [5.74, 6) is -0.235. The molecule has 0 bridgehead atoms. The summed E-state index contributed by atoms with van der Waals surface area (Å²) in [6, 6.07) is 23.2. The van der Waals surface area contributed by atoms with Crippen LogP contribution in [0.1, 0.15) is 70.4 Å². The zero-order valence-corrected chi connectivity index (χ0v) is 40.2. The minimum Gasteiger partial charge on any atom is -0.424 e. The number of oxazole rings is 2. The van der Waals surface area contributed by atoms with E-state index >= 15 is 0 Å². The number of aromatic nitrogens is 5. The number of nitrogens with one attached hydrogen (secondary N) is 2. The van der Waals surface area contributed by atoms with Gasteiger partial charge in [-0.25, -0.2) is 9.37 Å². The number of amides is 2. The highest BCUT2D eigenvalue weighted by Crippen LogP contribution is 2.36. The molecule has 4 aromatic heterocycles. The number of carbonyl (C=O) groups excluding carboxylic acids is 2. The molecule has 0 aliphatic carbocycles. The molecule has 6 heterocycles. The minimum absolute atomic E-state index is 0.0265. The lowest BCUT2D eigenvalue weighted by Gasteiger charge is -2.41. The summed E-state index contributed by atoms with van der Waals surface area (Å²) in [6.07, 6.45) is 8.16. The first kappa shape index (κ1) is 45.5. The van der Waals surface area contributed by atoms with E-state index in [1.165, 1.54) is 23.5 Å². The molecule has 17 heteroatoms. The normalized spacial score (nSPS) is 18.7. The smallest absolute Gasteiger partial charge is 0.295 e. The predicted octanol–water partition coefficient (Wildman–Crippen LogP) is 11.8. The van der Waals surface area contributed by atoms with Gasteiger partial charge < -0.3 is 29.3 Å². The standard InChI is InChI=1S/C51H50Cl2FN9O4S/c1-29-8-15-38(39(22-29)48(64)62-19-4-6-30(2)42(62)26-55-50-59-40-23-35(52)11-16-44(40)66-50)34-25-57-61(28-34)21-18-32-7-5-20-63(43(32)27-56-51-60-41-24-36(53)12-17-45(41)67-51)49(65)46-47(68-31(3)58-46)33-9-13-37(54)14-10-33/h8-17,22-25,28,30,32,42-43H,4-7,18-21,26-27H2,1-3H3,(H,55,59)(H,56,60)/t30-,32?,42?,43?/m1/s1. The predicted molar refractivity (Wildman–Crippen MR) is 265 cm³/mol. The Morgan fingerprint density at radius 2 is 1.43 bits per heavy atom. The molecular formula is C51H50Cl2FN9O4S. The number of benzene rings is 4. The van der Waals surface area contributed by atoms with Crippen LogP contribution in [-0.2, 0) is 6.54 Å². The van der Waals surface area contributed by atoms with Crippen LogP contribution in [0.4, 0.5) is 16.4 Å². The van der Waals surface area contributed by atoms with Crippen molar-refractivity contribution >= 4 is 80.6 Å². The Morgan fingerprint density at radius 1 is 0.779 bits per heavy atom. The fourth-order valence-electron chi connectivity index (χ4n) is 9.82. The molecule has 8 aromatic rings. The van der Waals surface area contributed by atoms with Crippen LogP contribution in [0.25, 0.3) is 43.8 Å². The number of anilines is 2. The Balaban J connectivity index is 0.878. The number of piperidine rings is 2.